The molecular formula is C28H33NO6. The quantitative estimate of drug-likeness (QED) is 0.332. The minimum Gasteiger partial charge on any atom is -0.493 e. The Morgan fingerprint density at radius 1 is 0.829 bits per heavy atom. The van der Waals surface area contributed by atoms with E-state index in [4.69, 9.17) is 14.6 Å². The number of benzene rings is 2. The number of carbonyl (C=O) groups excluding carboxylic acids is 2. The summed E-state index contributed by atoms with van der Waals surface area (Å²) < 4.78 is 11.7. The van der Waals surface area contributed by atoms with Crippen molar-refractivity contribution in [3.63, 3.8) is 0 Å². The number of Topliss-reactive ketones (excluding diaryl/α,β-unsaturated/α-hetero) is 1. The summed E-state index contributed by atoms with van der Waals surface area (Å²) in [5.74, 6) is 1.02. The van der Waals surface area contributed by atoms with Crippen molar-refractivity contribution in [2.75, 3.05) is 13.2 Å². The highest BCUT2D eigenvalue weighted by Gasteiger charge is 2.27. The molecule has 186 valence electrons. The van der Waals surface area contributed by atoms with Crippen LogP contribution in [0, 0.1) is 11.8 Å². The Labute approximate surface area is 205 Å². The van der Waals surface area contributed by atoms with Crippen LogP contribution >= 0.6 is 0 Å². The first-order valence-electron chi connectivity index (χ1n) is 12.5. The lowest BCUT2D eigenvalue weighted by Gasteiger charge is -2.26. The Morgan fingerprint density at radius 2 is 1.46 bits per heavy atom. The van der Waals surface area contributed by atoms with Crippen LogP contribution in [0.25, 0.3) is 0 Å². The smallest absolute Gasteiger partial charge is 0.306 e. The van der Waals surface area contributed by atoms with Crippen LogP contribution < -0.4 is 14.8 Å². The monoisotopic (exact) mass is 479 g/mol. The zero-order valence-electron chi connectivity index (χ0n) is 19.9. The molecule has 0 unspecified atom stereocenters. The van der Waals surface area contributed by atoms with Crippen molar-refractivity contribution < 1.29 is 29.0 Å². The number of ketones is 1. The number of carboxylic acids is 1. The Hall–Kier alpha value is -3.35. The molecule has 0 atom stereocenters. The average Bonchev–Trinajstić information content (AvgIpc) is 3.71. The minimum absolute atomic E-state index is 0.0160. The molecule has 2 N–H and O–H groups in total. The third kappa shape index (κ3) is 7.57. The number of hydrogen-bond donors (Lipinski definition) is 2. The zero-order valence-corrected chi connectivity index (χ0v) is 19.9. The van der Waals surface area contributed by atoms with Crippen LogP contribution in [0.3, 0.4) is 0 Å². The molecule has 2 aliphatic rings. The largest absolute Gasteiger partial charge is 0.493 e. The van der Waals surface area contributed by atoms with Crippen LogP contribution in [0.1, 0.15) is 72.1 Å². The van der Waals surface area contributed by atoms with E-state index in [-0.39, 0.29) is 23.7 Å². The van der Waals surface area contributed by atoms with Gasteiger partial charge in [-0.25, -0.2) is 0 Å². The number of hydrogen-bond acceptors (Lipinski definition) is 5. The molecule has 2 aromatic carbocycles. The lowest BCUT2D eigenvalue weighted by Crippen LogP contribution is -2.27. The van der Waals surface area contributed by atoms with Gasteiger partial charge in [-0.1, -0.05) is 0 Å². The van der Waals surface area contributed by atoms with Crippen LogP contribution in [-0.4, -0.2) is 42.0 Å². The van der Waals surface area contributed by atoms with Crippen molar-refractivity contribution in [2.24, 2.45) is 11.8 Å². The number of amides is 1. The van der Waals surface area contributed by atoms with E-state index in [1.807, 2.05) is 12.1 Å². The highest BCUT2D eigenvalue weighted by molar-refractivity contribution is 5.96. The lowest BCUT2D eigenvalue weighted by atomic mass is 9.87. The summed E-state index contributed by atoms with van der Waals surface area (Å²) in [5.41, 5.74) is 1.18. The SMILES string of the molecule is O=C(CCCNC(=O)c1ccc(OCC2CC2)cc1)c1ccc(OC2CCC(C(=O)O)CC2)cc1. The van der Waals surface area contributed by atoms with Gasteiger partial charge in [0.05, 0.1) is 18.6 Å². The summed E-state index contributed by atoms with van der Waals surface area (Å²) in [6.07, 6.45) is 6.10. The maximum atomic E-state index is 12.5. The Morgan fingerprint density at radius 3 is 2.09 bits per heavy atom. The Balaban J connectivity index is 1.13. The summed E-state index contributed by atoms with van der Waals surface area (Å²) >= 11 is 0. The molecule has 4 rings (SSSR count). The van der Waals surface area contributed by atoms with E-state index in [0.29, 0.717) is 55.0 Å². The van der Waals surface area contributed by atoms with Gasteiger partial charge in [0.15, 0.2) is 5.78 Å². The molecule has 0 saturated heterocycles. The fraction of sp³-hybridized carbons (Fsp3) is 0.464. The molecule has 1 amide bonds. The summed E-state index contributed by atoms with van der Waals surface area (Å²) in [4.78, 5) is 35.9. The van der Waals surface area contributed by atoms with Crippen molar-refractivity contribution in [1.82, 2.24) is 5.32 Å². The fourth-order valence-corrected chi connectivity index (χ4v) is 4.24. The summed E-state index contributed by atoms with van der Waals surface area (Å²) in [7, 11) is 0. The van der Waals surface area contributed by atoms with E-state index in [1.54, 1.807) is 36.4 Å². The topological polar surface area (TPSA) is 102 Å². The zero-order chi connectivity index (χ0) is 24.6. The van der Waals surface area contributed by atoms with E-state index in [2.05, 4.69) is 5.32 Å². The lowest BCUT2D eigenvalue weighted by molar-refractivity contribution is -0.143. The maximum absolute atomic E-state index is 12.5. The number of carboxylic acid groups (broad SMARTS) is 1. The normalized spacial score (nSPS) is 19.5. The predicted molar refractivity (Wildman–Crippen MR) is 131 cm³/mol. The second kappa shape index (κ2) is 11.9. The van der Waals surface area contributed by atoms with Crippen molar-refractivity contribution >= 4 is 17.7 Å². The molecule has 2 aromatic rings. The number of nitrogens with one attached hydrogen (secondary N) is 1. The van der Waals surface area contributed by atoms with Crippen molar-refractivity contribution in [1.29, 1.82) is 0 Å². The van der Waals surface area contributed by atoms with Crippen molar-refractivity contribution in [3.8, 4) is 11.5 Å². The molecule has 0 aliphatic heterocycles. The van der Waals surface area contributed by atoms with Gasteiger partial charge < -0.3 is 19.9 Å². The van der Waals surface area contributed by atoms with Crippen LogP contribution in [0.5, 0.6) is 11.5 Å². The average molecular weight is 480 g/mol. The van der Waals surface area contributed by atoms with Gasteiger partial charge in [-0.2, -0.15) is 0 Å². The van der Waals surface area contributed by atoms with Crippen LogP contribution in [0.2, 0.25) is 0 Å². The number of rotatable bonds is 12. The van der Waals surface area contributed by atoms with Gasteiger partial charge in [-0.3, -0.25) is 14.4 Å². The van der Waals surface area contributed by atoms with Crippen LogP contribution in [0.15, 0.2) is 48.5 Å². The molecule has 2 fully saturated rings. The Kier molecular flexibility index (Phi) is 8.40. The molecule has 0 radical (unpaired) electrons. The number of aliphatic carboxylic acids is 1. The molecule has 35 heavy (non-hydrogen) atoms. The number of carbonyl (C=O) groups is 3. The highest BCUT2D eigenvalue weighted by Crippen LogP contribution is 2.30. The third-order valence-electron chi connectivity index (χ3n) is 6.67. The molecular weight excluding hydrogens is 446 g/mol. The first kappa shape index (κ1) is 24.8. The highest BCUT2D eigenvalue weighted by atomic mass is 16.5. The van der Waals surface area contributed by atoms with Gasteiger partial charge in [0.2, 0.25) is 0 Å². The Bertz CT molecular complexity index is 1000. The van der Waals surface area contributed by atoms with E-state index in [1.165, 1.54) is 12.8 Å². The second-order valence-corrected chi connectivity index (χ2v) is 9.52. The van der Waals surface area contributed by atoms with Crippen molar-refractivity contribution in [3.05, 3.63) is 59.7 Å². The summed E-state index contributed by atoms with van der Waals surface area (Å²) in [5, 5.41) is 12.0. The summed E-state index contributed by atoms with van der Waals surface area (Å²) in [6.45, 7) is 1.16. The van der Waals surface area contributed by atoms with Gasteiger partial charge >= 0.3 is 5.97 Å². The molecule has 0 aromatic heterocycles. The molecule has 7 nitrogen and oxygen atoms in total. The van der Waals surface area contributed by atoms with Gasteiger partial charge in [-0.05, 0) is 99.4 Å². The molecule has 0 spiro atoms. The van der Waals surface area contributed by atoms with E-state index in [9.17, 15) is 14.4 Å². The third-order valence-corrected chi connectivity index (χ3v) is 6.67. The molecule has 2 saturated carbocycles. The molecule has 0 heterocycles. The fourth-order valence-electron chi connectivity index (χ4n) is 4.24. The first-order chi connectivity index (χ1) is 17.0. The minimum atomic E-state index is -0.728. The van der Waals surface area contributed by atoms with Crippen LogP contribution in [0.4, 0.5) is 0 Å². The molecule has 7 heteroatoms. The van der Waals surface area contributed by atoms with Crippen LogP contribution in [-0.2, 0) is 4.79 Å². The van der Waals surface area contributed by atoms with Gasteiger partial charge in [0, 0.05) is 24.1 Å². The van der Waals surface area contributed by atoms with Gasteiger partial charge in [-0.15, -0.1) is 0 Å². The van der Waals surface area contributed by atoms with E-state index >= 15 is 0 Å². The van der Waals surface area contributed by atoms with E-state index in [0.717, 1.165) is 25.2 Å². The number of ether oxygens (including phenoxy) is 2. The maximum Gasteiger partial charge on any atom is 0.306 e. The molecule has 2 aliphatic carbocycles. The van der Waals surface area contributed by atoms with Gasteiger partial charge in [0.1, 0.15) is 11.5 Å². The second-order valence-electron chi connectivity index (χ2n) is 9.52. The first-order valence-corrected chi connectivity index (χ1v) is 12.5. The summed E-state index contributed by atoms with van der Waals surface area (Å²) in [6, 6.07) is 14.2. The predicted octanol–water partition coefficient (Wildman–Crippen LogP) is 4.89. The van der Waals surface area contributed by atoms with E-state index < -0.39 is 5.97 Å². The molecule has 0 bridgehead atoms. The standard InChI is InChI=1S/C28H33NO6/c30-26(20-5-13-24(14-6-20)35-25-15-9-22(10-16-25)28(32)33)2-1-17-29-27(31)21-7-11-23(12-8-21)34-18-19-3-4-19/h5-8,11-14,19,22,25H,1-4,9-10,15-18H2,(H,29,31)(H,32,33). The van der Waals surface area contributed by atoms with Gasteiger partial charge in [0.25, 0.3) is 5.91 Å². The van der Waals surface area contributed by atoms with Crippen molar-refractivity contribution in [2.45, 2.75) is 57.5 Å².